The van der Waals surface area contributed by atoms with Crippen molar-refractivity contribution in [2.75, 3.05) is 13.7 Å². The van der Waals surface area contributed by atoms with Gasteiger partial charge < -0.3 is 10.5 Å². The summed E-state index contributed by atoms with van der Waals surface area (Å²) in [5.74, 6) is -1.03. The number of halogens is 2. The van der Waals surface area contributed by atoms with Crippen LogP contribution in [0.4, 0.5) is 8.78 Å². The average molecular weight is 201 g/mol. The van der Waals surface area contributed by atoms with Gasteiger partial charge in [0.2, 0.25) is 0 Å². The third-order valence-electron chi connectivity index (χ3n) is 1.99. The van der Waals surface area contributed by atoms with E-state index in [0.717, 1.165) is 18.2 Å². The first-order valence-electron chi connectivity index (χ1n) is 4.21. The Morgan fingerprint density at radius 3 is 2.64 bits per heavy atom. The van der Waals surface area contributed by atoms with Gasteiger partial charge in [0.05, 0.1) is 12.1 Å². The molecule has 1 atom stereocenters. The van der Waals surface area contributed by atoms with Crippen molar-refractivity contribution in [3.05, 3.63) is 35.4 Å². The van der Waals surface area contributed by atoms with Crippen LogP contribution in [0.25, 0.3) is 0 Å². The summed E-state index contributed by atoms with van der Waals surface area (Å²) in [5, 5.41) is 0. The number of hydrogen-bond acceptors (Lipinski definition) is 2. The number of hydrogen-bond donors (Lipinski definition) is 1. The molecule has 1 aromatic carbocycles. The summed E-state index contributed by atoms with van der Waals surface area (Å²) in [7, 11) is 1.46. The Kier molecular flexibility index (Phi) is 3.18. The highest BCUT2D eigenvalue weighted by Gasteiger charge is 2.25. The van der Waals surface area contributed by atoms with Crippen LogP contribution in [-0.2, 0) is 10.3 Å². The minimum atomic E-state index is -1.01. The van der Waals surface area contributed by atoms with E-state index >= 15 is 0 Å². The maximum absolute atomic E-state index is 13.3. The number of rotatable bonds is 3. The molecular weight excluding hydrogens is 188 g/mol. The summed E-state index contributed by atoms with van der Waals surface area (Å²) >= 11 is 0. The minimum absolute atomic E-state index is 0.124. The predicted octanol–water partition coefficient (Wildman–Crippen LogP) is 1.79. The molecule has 78 valence electrons. The van der Waals surface area contributed by atoms with Gasteiger partial charge in [-0.25, -0.2) is 8.78 Å². The molecule has 0 aliphatic rings. The molecule has 0 amide bonds. The van der Waals surface area contributed by atoms with E-state index in [-0.39, 0.29) is 12.2 Å². The van der Waals surface area contributed by atoms with Gasteiger partial charge in [0.25, 0.3) is 0 Å². The van der Waals surface area contributed by atoms with Crippen LogP contribution in [0.3, 0.4) is 0 Å². The maximum Gasteiger partial charge on any atom is 0.128 e. The van der Waals surface area contributed by atoms with Crippen LogP contribution in [0.2, 0.25) is 0 Å². The molecule has 1 unspecified atom stereocenters. The zero-order chi connectivity index (χ0) is 10.8. The topological polar surface area (TPSA) is 35.2 Å². The van der Waals surface area contributed by atoms with Crippen LogP contribution in [0.1, 0.15) is 12.5 Å². The summed E-state index contributed by atoms with van der Waals surface area (Å²) < 4.78 is 31.0. The van der Waals surface area contributed by atoms with Crippen LogP contribution < -0.4 is 5.73 Å². The van der Waals surface area contributed by atoms with Crippen molar-refractivity contribution >= 4 is 0 Å². The van der Waals surface area contributed by atoms with E-state index in [9.17, 15) is 8.78 Å². The van der Waals surface area contributed by atoms with Crippen molar-refractivity contribution < 1.29 is 13.5 Å². The Morgan fingerprint density at radius 1 is 1.43 bits per heavy atom. The SMILES string of the molecule is COCC(C)(N)c1cc(F)ccc1F. The summed E-state index contributed by atoms with van der Waals surface area (Å²) in [6.45, 7) is 1.72. The monoisotopic (exact) mass is 201 g/mol. The van der Waals surface area contributed by atoms with Crippen LogP contribution >= 0.6 is 0 Å². The van der Waals surface area contributed by atoms with E-state index < -0.39 is 17.2 Å². The molecule has 0 saturated heterocycles. The van der Waals surface area contributed by atoms with Gasteiger partial charge >= 0.3 is 0 Å². The van der Waals surface area contributed by atoms with Crippen molar-refractivity contribution in [2.45, 2.75) is 12.5 Å². The quantitative estimate of drug-likeness (QED) is 0.809. The lowest BCUT2D eigenvalue weighted by molar-refractivity contribution is 0.139. The van der Waals surface area contributed by atoms with Crippen molar-refractivity contribution in [1.29, 1.82) is 0 Å². The number of benzene rings is 1. The standard InChI is InChI=1S/C10H13F2NO/c1-10(13,6-14-2)8-5-7(11)3-4-9(8)12/h3-5H,6,13H2,1-2H3. The number of ether oxygens (including phenoxy) is 1. The second-order valence-electron chi connectivity index (χ2n) is 3.47. The van der Waals surface area contributed by atoms with Gasteiger partial charge in [-0.2, -0.15) is 0 Å². The maximum atomic E-state index is 13.3. The van der Waals surface area contributed by atoms with Crippen molar-refractivity contribution in [3.8, 4) is 0 Å². The normalized spacial score (nSPS) is 15.2. The molecule has 1 rings (SSSR count). The van der Waals surface area contributed by atoms with Gasteiger partial charge in [0.1, 0.15) is 11.6 Å². The molecule has 0 saturated carbocycles. The molecular formula is C10H13F2NO. The van der Waals surface area contributed by atoms with E-state index in [1.165, 1.54) is 7.11 Å². The van der Waals surface area contributed by atoms with Crippen LogP contribution in [-0.4, -0.2) is 13.7 Å². The van der Waals surface area contributed by atoms with Crippen LogP contribution in [0.5, 0.6) is 0 Å². The van der Waals surface area contributed by atoms with Crippen LogP contribution in [0, 0.1) is 11.6 Å². The molecule has 0 spiro atoms. The fourth-order valence-electron chi connectivity index (χ4n) is 1.31. The van der Waals surface area contributed by atoms with Crippen LogP contribution in [0.15, 0.2) is 18.2 Å². The summed E-state index contributed by atoms with van der Waals surface area (Å²) in [6.07, 6.45) is 0. The van der Waals surface area contributed by atoms with E-state index in [4.69, 9.17) is 10.5 Å². The lowest BCUT2D eigenvalue weighted by Crippen LogP contribution is -2.38. The first-order valence-corrected chi connectivity index (χ1v) is 4.21. The molecule has 4 heteroatoms. The minimum Gasteiger partial charge on any atom is -0.382 e. The smallest absolute Gasteiger partial charge is 0.128 e. The molecule has 0 aliphatic carbocycles. The van der Waals surface area contributed by atoms with Gasteiger partial charge in [0, 0.05) is 12.7 Å². The van der Waals surface area contributed by atoms with Crippen molar-refractivity contribution in [3.63, 3.8) is 0 Å². The Balaban J connectivity index is 3.10. The van der Waals surface area contributed by atoms with Gasteiger partial charge in [-0.3, -0.25) is 0 Å². The molecule has 0 radical (unpaired) electrons. The first-order chi connectivity index (χ1) is 6.47. The van der Waals surface area contributed by atoms with E-state index in [0.29, 0.717) is 0 Å². The Hall–Kier alpha value is -1.00. The summed E-state index contributed by atoms with van der Waals surface area (Å²) in [6, 6.07) is 3.21. The number of nitrogens with two attached hydrogens (primary N) is 1. The zero-order valence-electron chi connectivity index (χ0n) is 8.18. The second-order valence-corrected chi connectivity index (χ2v) is 3.47. The molecule has 0 aliphatic heterocycles. The lowest BCUT2D eigenvalue weighted by Gasteiger charge is -2.24. The fraction of sp³-hybridized carbons (Fsp3) is 0.400. The highest BCUT2D eigenvalue weighted by molar-refractivity contribution is 5.26. The first kappa shape index (κ1) is 11.1. The van der Waals surface area contributed by atoms with Gasteiger partial charge in [0.15, 0.2) is 0 Å². The molecule has 0 bridgehead atoms. The lowest BCUT2D eigenvalue weighted by atomic mass is 9.93. The molecule has 0 heterocycles. The Labute approximate surface area is 81.7 Å². The third-order valence-corrected chi connectivity index (χ3v) is 1.99. The molecule has 14 heavy (non-hydrogen) atoms. The predicted molar refractivity (Wildman–Crippen MR) is 49.8 cm³/mol. The van der Waals surface area contributed by atoms with Gasteiger partial charge in [-0.15, -0.1) is 0 Å². The molecule has 2 N–H and O–H groups in total. The van der Waals surface area contributed by atoms with Crippen molar-refractivity contribution in [1.82, 2.24) is 0 Å². The fourth-order valence-corrected chi connectivity index (χ4v) is 1.31. The van der Waals surface area contributed by atoms with Crippen molar-refractivity contribution in [2.24, 2.45) is 5.73 Å². The largest absolute Gasteiger partial charge is 0.382 e. The molecule has 1 aromatic rings. The Morgan fingerprint density at radius 2 is 2.07 bits per heavy atom. The Bertz CT molecular complexity index is 326. The van der Waals surface area contributed by atoms with Gasteiger partial charge in [-0.1, -0.05) is 0 Å². The molecule has 2 nitrogen and oxygen atoms in total. The van der Waals surface area contributed by atoms with E-state index in [2.05, 4.69) is 0 Å². The highest BCUT2D eigenvalue weighted by atomic mass is 19.1. The summed E-state index contributed by atoms with van der Waals surface area (Å²) in [4.78, 5) is 0. The molecule has 0 fully saturated rings. The third kappa shape index (κ3) is 2.27. The van der Waals surface area contributed by atoms with Gasteiger partial charge in [-0.05, 0) is 25.1 Å². The van der Waals surface area contributed by atoms with E-state index in [1.54, 1.807) is 6.92 Å². The van der Waals surface area contributed by atoms with E-state index in [1.807, 2.05) is 0 Å². The zero-order valence-corrected chi connectivity index (χ0v) is 8.18. The average Bonchev–Trinajstić information content (AvgIpc) is 2.09. The number of methoxy groups -OCH3 is 1. The highest BCUT2D eigenvalue weighted by Crippen LogP contribution is 2.22. The summed E-state index contributed by atoms with van der Waals surface area (Å²) in [5.41, 5.74) is 4.90. The molecule has 0 aromatic heterocycles. The second kappa shape index (κ2) is 4.02.